The zero-order valence-electron chi connectivity index (χ0n) is 10.6. The van der Waals surface area contributed by atoms with E-state index in [9.17, 15) is 9.59 Å². The molecule has 3 rings (SSSR count). The van der Waals surface area contributed by atoms with Gasteiger partial charge in [0.25, 0.3) is 5.91 Å². The number of aryl methyl sites for hydroxylation is 1. The number of nitrogens with zero attached hydrogens (tertiary/aromatic N) is 2. The Bertz CT molecular complexity index is 523. The van der Waals surface area contributed by atoms with Crippen LogP contribution in [0.2, 0.25) is 0 Å². The van der Waals surface area contributed by atoms with Crippen LogP contribution < -0.4 is 5.32 Å². The second-order valence-corrected chi connectivity index (χ2v) is 7.05. The van der Waals surface area contributed by atoms with Crippen LogP contribution in [0, 0.1) is 6.92 Å². The van der Waals surface area contributed by atoms with Gasteiger partial charge in [0.2, 0.25) is 0 Å². The Balaban J connectivity index is 1.68. The minimum atomic E-state index is -0.625. The molecule has 0 aromatic carbocycles. The van der Waals surface area contributed by atoms with Crippen molar-refractivity contribution in [3.05, 3.63) is 16.1 Å². The number of hydrogen-bond donors (Lipinski definition) is 1. The third-order valence-electron chi connectivity index (χ3n) is 3.53. The molecule has 1 N–H and O–H groups in total. The lowest BCUT2D eigenvalue weighted by molar-refractivity contribution is -0.130. The van der Waals surface area contributed by atoms with Crippen molar-refractivity contribution in [1.29, 1.82) is 0 Å². The van der Waals surface area contributed by atoms with E-state index in [-0.39, 0.29) is 11.9 Å². The fraction of sp³-hybridized carbons (Fsp3) is 0.583. The van der Waals surface area contributed by atoms with Crippen LogP contribution >= 0.6 is 23.1 Å². The van der Waals surface area contributed by atoms with Crippen molar-refractivity contribution in [2.75, 3.05) is 18.1 Å². The quantitative estimate of drug-likeness (QED) is 0.857. The highest BCUT2D eigenvalue weighted by Gasteiger charge is 2.52. The Morgan fingerprint density at radius 1 is 1.53 bits per heavy atom. The van der Waals surface area contributed by atoms with E-state index in [0.717, 1.165) is 22.9 Å². The van der Waals surface area contributed by atoms with Crippen molar-refractivity contribution in [2.24, 2.45) is 0 Å². The predicted octanol–water partition coefficient (Wildman–Crippen LogP) is 1.42. The van der Waals surface area contributed by atoms with Crippen LogP contribution in [-0.2, 0) is 11.2 Å². The van der Waals surface area contributed by atoms with Crippen molar-refractivity contribution >= 4 is 35.0 Å². The van der Waals surface area contributed by atoms with Gasteiger partial charge in [0.1, 0.15) is 5.54 Å². The molecule has 3 heterocycles. The fourth-order valence-electron chi connectivity index (χ4n) is 2.46. The Labute approximate surface area is 119 Å². The van der Waals surface area contributed by atoms with Crippen molar-refractivity contribution in [2.45, 2.75) is 25.3 Å². The van der Waals surface area contributed by atoms with Crippen molar-refractivity contribution in [3.8, 4) is 0 Å². The van der Waals surface area contributed by atoms with Crippen LogP contribution in [0.5, 0.6) is 0 Å². The summed E-state index contributed by atoms with van der Waals surface area (Å²) < 4.78 is 0. The molecule has 1 spiro atoms. The second-order valence-electron chi connectivity index (χ2n) is 4.88. The third-order valence-corrected chi connectivity index (χ3v) is 5.54. The van der Waals surface area contributed by atoms with Gasteiger partial charge in [-0.1, -0.05) is 0 Å². The number of thiazole rings is 1. The first-order chi connectivity index (χ1) is 9.11. The molecule has 7 heteroatoms. The molecular formula is C12H15N3O2S2. The van der Waals surface area contributed by atoms with Gasteiger partial charge in [0.15, 0.2) is 0 Å². The maximum atomic E-state index is 12.4. The zero-order chi connectivity index (χ0) is 13.5. The number of nitrogens with one attached hydrogen (secondary N) is 1. The lowest BCUT2D eigenvalue weighted by Gasteiger charge is -2.19. The highest BCUT2D eigenvalue weighted by molar-refractivity contribution is 7.99. The minimum absolute atomic E-state index is 0.0607. The molecule has 1 unspecified atom stereocenters. The van der Waals surface area contributed by atoms with Crippen LogP contribution in [0.15, 0.2) is 5.38 Å². The number of carbonyl (C=O) groups excluding carboxylic acids is 2. The monoisotopic (exact) mass is 297 g/mol. The molecule has 0 aliphatic carbocycles. The standard InChI is InChI=1S/C12H15N3O2S2/c1-8-13-9(6-19-8)2-4-15-10(16)12(14-11(15)17)3-5-18-7-12/h6H,2-5,7H2,1H3,(H,14,17). The Morgan fingerprint density at radius 2 is 2.37 bits per heavy atom. The third kappa shape index (κ3) is 2.25. The van der Waals surface area contributed by atoms with Gasteiger partial charge in [0.05, 0.1) is 10.7 Å². The van der Waals surface area contributed by atoms with Gasteiger partial charge in [-0.25, -0.2) is 9.78 Å². The highest BCUT2D eigenvalue weighted by atomic mass is 32.2. The van der Waals surface area contributed by atoms with Crippen molar-refractivity contribution < 1.29 is 9.59 Å². The molecule has 2 aliphatic rings. The summed E-state index contributed by atoms with van der Waals surface area (Å²) >= 11 is 3.31. The molecule has 5 nitrogen and oxygen atoms in total. The Hall–Kier alpha value is -1.08. The number of thioether (sulfide) groups is 1. The molecule has 0 saturated carbocycles. The lowest BCUT2D eigenvalue weighted by Crippen LogP contribution is -2.47. The maximum Gasteiger partial charge on any atom is 0.325 e. The minimum Gasteiger partial charge on any atom is -0.322 e. The van der Waals surface area contributed by atoms with E-state index in [1.807, 2.05) is 12.3 Å². The lowest BCUT2D eigenvalue weighted by atomic mass is 9.99. The van der Waals surface area contributed by atoms with Crippen LogP contribution in [-0.4, -0.2) is 45.4 Å². The largest absolute Gasteiger partial charge is 0.325 e. The SMILES string of the molecule is Cc1nc(CCN2C(=O)NC3(CCSC3)C2=O)cs1. The smallest absolute Gasteiger partial charge is 0.322 e. The molecule has 3 amide bonds. The summed E-state index contributed by atoms with van der Waals surface area (Å²) in [5.74, 6) is 1.57. The molecule has 19 heavy (non-hydrogen) atoms. The van der Waals surface area contributed by atoms with Crippen LogP contribution in [0.1, 0.15) is 17.1 Å². The fourth-order valence-corrected chi connectivity index (χ4v) is 4.43. The normalized spacial score (nSPS) is 26.5. The van der Waals surface area contributed by atoms with Gasteiger partial charge in [-0.05, 0) is 19.1 Å². The first-order valence-electron chi connectivity index (χ1n) is 6.24. The maximum absolute atomic E-state index is 12.4. The second kappa shape index (κ2) is 4.79. The molecule has 1 aromatic rings. The zero-order valence-corrected chi connectivity index (χ0v) is 12.3. The van der Waals surface area contributed by atoms with Gasteiger partial charge in [-0.15, -0.1) is 11.3 Å². The van der Waals surface area contributed by atoms with Crippen LogP contribution in [0.3, 0.4) is 0 Å². The summed E-state index contributed by atoms with van der Waals surface area (Å²) in [6.07, 6.45) is 1.38. The molecule has 2 fully saturated rings. The summed E-state index contributed by atoms with van der Waals surface area (Å²) in [5.41, 5.74) is 0.324. The number of rotatable bonds is 3. The number of hydrogen-bond acceptors (Lipinski definition) is 5. The van der Waals surface area contributed by atoms with Crippen molar-refractivity contribution in [1.82, 2.24) is 15.2 Å². The highest BCUT2D eigenvalue weighted by Crippen LogP contribution is 2.33. The average Bonchev–Trinajstić information content (AvgIpc) is 3.04. The number of imide groups is 1. The summed E-state index contributed by atoms with van der Waals surface area (Å²) in [5, 5.41) is 5.86. The van der Waals surface area contributed by atoms with E-state index < -0.39 is 5.54 Å². The molecule has 2 saturated heterocycles. The predicted molar refractivity (Wildman–Crippen MR) is 75.5 cm³/mol. The molecule has 0 bridgehead atoms. The molecule has 1 aromatic heterocycles. The molecule has 102 valence electrons. The molecule has 2 aliphatic heterocycles. The number of carbonyl (C=O) groups is 2. The van der Waals surface area contributed by atoms with E-state index in [1.165, 1.54) is 4.90 Å². The summed E-state index contributed by atoms with van der Waals surface area (Å²) in [4.78, 5) is 30.0. The molecule has 1 atom stereocenters. The Kier molecular flexibility index (Phi) is 3.26. The van der Waals surface area contributed by atoms with E-state index in [4.69, 9.17) is 0 Å². The number of amides is 3. The average molecular weight is 297 g/mol. The topological polar surface area (TPSA) is 62.3 Å². The van der Waals surface area contributed by atoms with Crippen LogP contribution in [0.25, 0.3) is 0 Å². The Morgan fingerprint density at radius 3 is 3.00 bits per heavy atom. The van der Waals surface area contributed by atoms with Crippen LogP contribution in [0.4, 0.5) is 4.79 Å². The summed E-state index contributed by atoms with van der Waals surface area (Å²) in [6, 6.07) is -0.251. The van der Waals surface area contributed by atoms with Gasteiger partial charge < -0.3 is 5.32 Å². The van der Waals surface area contributed by atoms with Gasteiger partial charge in [0, 0.05) is 24.1 Å². The first kappa shape index (κ1) is 12.9. The van der Waals surface area contributed by atoms with E-state index in [0.29, 0.717) is 18.7 Å². The van der Waals surface area contributed by atoms with E-state index >= 15 is 0 Å². The van der Waals surface area contributed by atoms with Gasteiger partial charge in [-0.2, -0.15) is 11.8 Å². The van der Waals surface area contributed by atoms with E-state index in [1.54, 1.807) is 23.1 Å². The van der Waals surface area contributed by atoms with Crippen molar-refractivity contribution in [3.63, 3.8) is 0 Å². The number of urea groups is 1. The summed E-state index contributed by atoms with van der Waals surface area (Å²) in [6.45, 7) is 2.37. The van der Waals surface area contributed by atoms with Gasteiger partial charge >= 0.3 is 6.03 Å². The first-order valence-corrected chi connectivity index (χ1v) is 8.27. The van der Waals surface area contributed by atoms with E-state index in [2.05, 4.69) is 10.3 Å². The summed E-state index contributed by atoms with van der Waals surface area (Å²) in [7, 11) is 0. The molecular weight excluding hydrogens is 282 g/mol. The molecule has 0 radical (unpaired) electrons. The number of aromatic nitrogens is 1. The van der Waals surface area contributed by atoms with Gasteiger partial charge in [-0.3, -0.25) is 9.69 Å².